The molecule has 2 aromatic rings. The van der Waals surface area contributed by atoms with Crippen molar-refractivity contribution < 1.29 is 13.9 Å². The maximum atomic E-state index is 13.0. The average molecular weight is 374 g/mol. The van der Waals surface area contributed by atoms with Gasteiger partial charge >= 0.3 is 0 Å². The van der Waals surface area contributed by atoms with E-state index in [1.807, 2.05) is 25.7 Å². The Labute approximate surface area is 159 Å². The van der Waals surface area contributed by atoms with Crippen LogP contribution in [-0.4, -0.2) is 45.3 Å². The number of hydrogen-bond donors (Lipinski definition) is 0. The van der Waals surface area contributed by atoms with Gasteiger partial charge in [-0.2, -0.15) is 5.10 Å². The van der Waals surface area contributed by atoms with E-state index in [0.29, 0.717) is 25.4 Å². The first-order valence-corrected chi connectivity index (χ1v) is 9.47. The highest BCUT2D eigenvalue weighted by Gasteiger charge is 2.27. The lowest BCUT2D eigenvalue weighted by Gasteiger charge is -2.34. The van der Waals surface area contributed by atoms with Crippen molar-refractivity contribution in [2.45, 2.75) is 40.2 Å². The van der Waals surface area contributed by atoms with E-state index in [1.54, 1.807) is 16.8 Å². The number of halogens is 1. The van der Waals surface area contributed by atoms with E-state index in [0.717, 1.165) is 31.0 Å². The van der Waals surface area contributed by atoms with Gasteiger partial charge in [0.05, 0.1) is 19.1 Å². The van der Waals surface area contributed by atoms with Gasteiger partial charge in [-0.3, -0.25) is 4.79 Å². The molecule has 0 unspecified atom stereocenters. The monoisotopic (exact) mass is 374 g/mol. The molecule has 2 heterocycles. The number of amides is 1. The van der Waals surface area contributed by atoms with Gasteiger partial charge in [0.15, 0.2) is 0 Å². The minimum absolute atomic E-state index is 0.147. The number of hydrogen-bond acceptors (Lipinski definition) is 4. The summed E-state index contributed by atoms with van der Waals surface area (Å²) >= 11 is 0. The maximum absolute atomic E-state index is 13.0. The second kappa shape index (κ2) is 8.50. The van der Waals surface area contributed by atoms with Gasteiger partial charge in [-0.25, -0.2) is 14.1 Å². The molecule has 6 nitrogen and oxygen atoms in total. The predicted octanol–water partition coefficient (Wildman–Crippen LogP) is 2.99. The average Bonchev–Trinajstić information content (AvgIpc) is 2.97. The molecular weight excluding hydrogens is 347 g/mol. The number of benzene rings is 1. The minimum Gasteiger partial charge on any atom is -0.493 e. The highest BCUT2D eigenvalue weighted by Crippen LogP contribution is 2.21. The molecule has 0 radical (unpaired) electrons. The fraction of sp³-hybridized carbons (Fsp3) is 0.550. The SMILES string of the molecule is Cc1nc(C)n(C[C@H](C)C(=O)N2CCC[C@H](COc3ccc(F)cc3)C2)n1. The van der Waals surface area contributed by atoms with Crippen LogP contribution in [0.4, 0.5) is 4.39 Å². The molecule has 2 atom stereocenters. The number of likely N-dealkylation sites (tertiary alicyclic amines) is 1. The highest BCUT2D eigenvalue weighted by molar-refractivity contribution is 5.78. The fourth-order valence-electron chi connectivity index (χ4n) is 3.53. The molecule has 1 aliphatic rings. The predicted molar refractivity (Wildman–Crippen MR) is 99.9 cm³/mol. The highest BCUT2D eigenvalue weighted by atomic mass is 19.1. The Kier molecular flexibility index (Phi) is 6.08. The van der Waals surface area contributed by atoms with E-state index in [2.05, 4.69) is 10.1 Å². The largest absolute Gasteiger partial charge is 0.493 e. The van der Waals surface area contributed by atoms with Crippen molar-refractivity contribution in [1.82, 2.24) is 19.7 Å². The van der Waals surface area contributed by atoms with Gasteiger partial charge < -0.3 is 9.64 Å². The van der Waals surface area contributed by atoms with E-state index >= 15 is 0 Å². The standard InChI is InChI=1S/C20H27FN4O2/c1-14(11-25-16(3)22-15(2)23-25)20(26)24-10-4-5-17(12-24)13-27-19-8-6-18(21)7-9-19/h6-9,14,17H,4-5,10-13H2,1-3H3/t14-,17-/m0/s1. The first-order chi connectivity index (χ1) is 12.9. The minimum atomic E-state index is -0.274. The lowest BCUT2D eigenvalue weighted by molar-refractivity contribution is -0.137. The van der Waals surface area contributed by atoms with Crippen molar-refractivity contribution in [2.75, 3.05) is 19.7 Å². The van der Waals surface area contributed by atoms with Crippen LogP contribution in [0.2, 0.25) is 0 Å². The molecule has 1 aliphatic heterocycles. The number of carbonyl (C=O) groups excluding carboxylic acids is 1. The summed E-state index contributed by atoms with van der Waals surface area (Å²) in [5.74, 6) is 2.22. The van der Waals surface area contributed by atoms with Gasteiger partial charge in [0.2, 0.25) is 5.91 Å². The Balaban J connectivity index is 1.52. The third kappa shape index (κ3) is 5.05. The van der Waals surface area contributed by atoms with E-state index in [-0.39, 0.29) is 23.6 Å². The normalized spacial score (nSPS) is 18.4. The van der Waals surface area contributed by atoms with Gasteiger partial charge in [0, 0.05) is 19.0 Å². The van der Waals surface area contributed by atoms with E-state index < -0.39 is 0 Å². The molecule has 3 rings (SSSR count). The quantitative estimate of drug-likeness (QED) is 0.780. The van der Waals surface area contributed by atoms with Crippen LogP contribution in [0.25, 0.3) is 0 Å². The lowest BCUT2D eigenvalue weighted by atomic mass is 9.97. The molecule has 0 saturated carbocycles. The summed E-state index contributed by atoms with van der Waals surface area (Å²) in [7, 11) is 0. The smallest absolute Gasteiger partial charge is 0.227 e. The van der Waals surface area contributed by atoms with Crippen LogP contribution in [0.5, 0.6) is 5.75 Å². The number of carbonyl (C=O) groups is 1. The summed E-state index contributed by atoms with van der Waals surface area (Å²) in [6.07, 6.45) is 2.00. The summed E-state index contributed by atoms with van der Waals surface area (Å²) in [6, 6.07) is 6.04. The van der Waals surface area contributed by atoms with Crippen LogP contribution in [0.15, 0.2) is 24.3 Å². The van der Waals surface area contributed by atoms with E-state index in [1.165, 1.54) is 12.1 Å². The molecule has 1 aromatic carbocycles. The number of rotatable bonds is 6. The zero-order valence-corrected chi connectivity index (χ0v) is 16.2. The van der Waals surface area contributed by atoms with Crippen molar-refractivity contribution in [3.05, 3.63) is 41.7 Å². The van der Waals surface area contributed by atoms with Crippen LogP contribution in [0.3, 0.4) is 0 Å². The van der Waals surface area contributed by atoms with Gasteiger partial charge in [0.1, 0.15) is 23.2 Å². The van der Waals surface area contributed by atoms with Gasteiger partial charge in [-0.05, 0) is 51.0 Å². The van der Waals surface area contributed by atoms with Crippen molar-refractivity contribution in [2.24, 2.45) is 11.8 Å². The summed E-state index contributed by atoms with van der Waals surface area (Å²) in [4.78, 5) is 19.1. The molecule has 1 aromatic heterocycles. The molecule has 27 heavy (non-hydrogen) atoms. The third-order valence-corrected chi connectivity index (χ3v) is 4.96. The molecule has 0 spiro atoms. The van der Waals surface area contributed by atoms with E-state index in [9.17, 15) is 9.18 Å². The van der Waals surface area contributed by atoms with Crippen LogP contribution in [-0.2, 0) is 11.3 Å². The molecule has 0 N–H and O–H groups in total. The van der Waals surface area contributed by atoms with Gasteiger partial charge in [-0.15, -0.1) is 0 Å². The van der Waals surface area contributed by atoms with Gasteiger partial charge in [-0.1, -0.05) is 6.92 Å². The summed E-state index contributed by atoms with van der Waals surface area (Å²) in [6.45, 7) is 8.25. The van der Waals surface area contributed by atoms with Crippen LogP contribution < -0.4 is 4.74 Å². The van der Waals surface area contributed by atoms with Gasteiger partial charge in [0.25, 0.3) is 0 Å². The van der Waals surface area contributed by atoms with Crippen molar-refractivity contribution in [3.8, 4) is 5.75 Å². The Bertz CT molecular complexity index is 775. The van der Waals surface area contributed by atoms with E-state index in [4.69, 9.17) is 4.74 Å². The zero-order chi connectivity index (χ0) is 19.4. The Morgan fingerprint density at radius 1 is 1.33 bits per heavy atom. The first-order valence-electron chi connectivity index (χ1n) is 9.47. The second-order valence-electron chi connectivity index (χ2n) is 7.35. The van der Waals surface area contributed by atoms with Crippen LogP contribution >= 0.6 is 0 Å². The third-order valence-electron chi connectivity index (χ3n) is 4.96. The zero-order valence-electron chi connectivity index (χ0n) is 16.2. The Morgan fingerprint density at radius 3 is 2.74 bits per heavy atom. The van der Waals surface area contributed by atoms with Crippen molar-refractivity contribution >= 4 is 5.91 Å². The number of piperidine rings is 1. The summed E-state index contributed by atoms with van der Waals surface area (Å²) in [5.41, 5.74) is 0. The van der Waals surface area contributed by atoms with Crippen molar-refractivity contribution in [1.29, 1.82) is 0 Å². The molecule has 7 heteroatoms. The second-order valence-corrected chi connectivity index (χ2v) is 7.35. The Morgan fingerprint density at radius 2 is 2.07 bits per heavy atom. The Hall–Kier alpha value is -2.44. The van der Waals surface area contributed by atoms with Crippen LogP contribution in [0.1, 0.15) is 31.4 Å². The number of ether oxygens (including phenoxy) is 1. The summed E-state index contributed by atoms with van der Waals surface area (Å²) < 4.78 is 20.5. The van der Waals surface area contributed by atoms with Crippen LogP contribution in [0, 0.1) is 31.5 Å². The molecule has 0 aliphatic carbocycles. The molecule has 1 saturated heterocycles. The topological polar surface area (TPSA) is 60.2 Å². The lowest BCUT2D eigenvalue weighted by Crippen LogP contribution is -2.44. The molecule has 0 bridgehead atoms. The number of nitrogens with zero attached hydrogens (tertiary/aromatic N) is 4. The summed E-state index contributed by atoms with van der Waals surface area (Å²) in [5, 5.41) is 4.35. The number of aromatic nitrogens is 3. The number of aryl methyl sites for hydroxylation is 2. The molecule has 146 valence electrons. The molecule has 1 amide bonds. The maximum Gasteiger partial charge on any atom is 0.227 e. The molecular formula is C20H27FN4O2. The van der Waals surface area contributed by atoms with Crippen molar-refractivity contribution in [3.63, 3.8) is 0 Å². The first kappa shape index (κ1) is 19.3. The fourth-order valence-corrected chi connectivity index (χ4v) is 3.53. The molecule has 1 fully saturated rings.